The molecule has 0 saturated heterocycles. The summed E-state index contributed by atoms with van der Waals surface area (Å²) in [7, 11) is 2.07. The van der Waals surface area contributed by atoms with Crippen LogP contribution in [0.5, 0.6) is 0 Å². The van der Waals surface area contributed by atoms with Gasteiger partial charge in [0.15, 0.2) is 0 Å². The molecule has 192 valence electrons. The molecule has 38 heavy (non-hydrogen) atoms. The number of aromatic nitrogens is 1. The standard InChI is InChI=1S/C30H29N5O2S/c1-20-13-14-25(21(2)17-20)32-29-34(27(19-38-29)22-9-8-10-23(18-22)35(36)37)31-16-15-28-30(3,4)24-11-6-7-12-26(24)33(28)5/h6-19H,1-5H3. The largest absolute Gasteiger partial charge is 0.347 e. The predicted octanol–water partition coefficient (Wildman–Crippen LogP) is 7.12. The summed E-state index contributed by atoms with van der Waals surface area (Å²) in [6, 6.07) is 21.1. The third kappa shape index (κ3) is 4.59. The van der Waals surface area contributed by atoms with Gasteiger partial charge in [0, 0.05) is 53.1 Å². The van der Waals surface area contributed by atoms with E-state index in [9.17, 15) is 10.1 Å². The molecule has 0 N–H and O–H groups in total. The van der Waals surface area contributed by atoms with Crippen molar-refractivity contribution in [3.8, 4) is 11.3 Å². The quantitative estimate of drug-likeness (QED) is 0.159. The molecule has 0 saturated carbocycles. The monoisotopic (exact) mass is 523 g/mol. The fourth-order valence-electron chi connectivity index (χ4n) is 4.97. The summed E-state index contributed by atoms with van der Waals surface area (Å²) in [4.78, 5) is 18.8. The summed E-state index contributed by atoms with van der Waals surface area (Å²) in [6.45, 7) is 8.51. The number of anilines is 1. The molecule has 1 aliphatic heterocycles. The molecule has 1 aliphatic rings. The minimum atomic E-state index is -0.384. The average molecular weight is 524 g/mol. The number of benzene rings is 3. The van der Waals surface area contributed by atoms with E-state index in [4.69, 9.17) is 10.1 Å². The van der Waals surface area contributed by atoms with Gasteiger partial charge in [0.05, 0.1) is 16.3 Å². The number of para-hydroxylation sites is 1. The van der Waals surface area contributed by atoms with Crippen molar-refractivity contribution in [3.63, 3.8) is 0 Å². The fourth-order valence-corrected chi connectivity index (χ4v) is 5.82. The van der Waals surface area contributed by atoms with Gasteiger partial charge in [0.2, 0.25) is 4.80 Å². The molecule has 0 atom stereocenters. The Morgan fingerprint density at radius 3 is 2.55 bits per heavy atom. The Balaban J connectivity index is 1.63. The second kappa shape index (κ2) is 9.87. The first-order valence-corrected chi connectivity index (χ1v) is 13.2. The number of aryl methyl sites for hydroxylation is 2. The number of likely N-dealkylation sites (N-methyl/N-ethyl adjacent to an activating group) is 1. The van der Waals surface area contributed by atoms with Crippen LogP contribution in [0.25, 0.3) is 11.3 Å². The third-order valence-corrected chi connectivity index (χ3v) is 7.78. The molecule has 8 heteroatoms. The smallest absolute Gasteiger partial charge is 0.270 e. The number of nitrogens with zero attached hydrogens (tertiary/aromatic N) is 5. The highest BCUT2D eigenvalue weighted by Gasteiger charge is 2.37. The number of hydrogen-bond donors (Lipinski definition) is 0. The molecule has 0 unspecified atom stereocenters. The maximum atomic E-state index is 11.4. The highest BCUT2D eigenvalue weighted by molar-refractivity contribution is 7.07. The van der Waals surface area contributed by atoms with E-state index in [1.165, 1.54) is 34.2 Å². The van der Waals surface area contributed by atoms with E-state index in [0.717, 1.165) is 22.6 Å². The topological polar surface area (TPSA) is 76.0 Å². The lowest BCUT2D eigenvalue weighted by atomic mass is 9.84. The van der Waals surface area contributed by atoms with E-state index in [2.05, 4.69) is 63.1 Å². The first-order valence-electron chi connectivity index (χ1n) is 12.3. The Labute approximate surface area is 225 Å². The minimum absolute atomic E-state index is 0.0336. The average Bonchev–Trinajstić information content (AvgIpc) is 3.37. The van der Waals surface area contributed by atoms with Crippen molar-refractivity contribution in [2.45, 2.75) is 33.1 Å². The molecule has 5 rings (SSSR count). The van der Waals surface area contributed by atoms with E-state index in [-0.39, 0.29) is 16.0 Å². The number of rotatable bonds is 5. The van der Waals surface area contributed by atoms with Gasteiger partial charge >= 0.3 is 0 Å². The Kier molecular flexibility index (Phi) is 6.59. The van der Waals surface area contributed by atoms with Crippen LogP contribution in [0.4, 0.5) is 17.1 Å². The van der Waals surface area contributed by atoms with Crippen LogP contribution in [0, 0.1) is 24.0 Å². The Morgan fingerprint density at radius 2 is 1.82 bits per heavy atom. The summed E-state index contributed by atoms with van der Waals surface area (Å²) in [5.41, 5.74) is 7.98. The predicted molar refractivity (Wildman–Crippen MR) is 155 cm³/mol. The van der Waals surface area contributed by atoms with Gasteiger partial charge in [0.1, 0.15) is 0 Å². The molecule has 0 bridgehead atoms. The Morgan fingerprint density at radius 1 is 1.03 bits per heavy atom. The SMILES string of the molecule is Cc1ccc(N=c2scc(-c3cccc([N+](=O)[O-])c3)n2N=CC=C2N(C)c3ccccc3C2(C)C)c(C)c1. The molecule has 0 radical (unpaired) electrons. The lowest BCUT2D eigenvalue weighted by Crippen LogP contribution is -2.23. The summed E-state index contributed by atoms with van der Waals surface area (Å²) in [5, 5.41) is 18.2. The zero-order valence-corrected chi connectivity index (χ0v) is 22.9. The van der Waals surface area contributed by atoms with Crippen molar-refractivity contribution in [2.24, 2.45) is 10.1 Å². The number of hydrogen-bond acceptors (Lipinski definition) is 6. The van der Waals surface area contributed by atoms with Gasteiger partial charge in [0.25, 0.3) is 5.69 Å². The molecule has 0 aliphatic carbocycles. The first-order chi connectivity index (χ1) is 18.2. The number of nitro benzene ring substituents is 1. The van der Waals surface area contributed by atoms with Gasteiger partial charge < -0.3 is 4.90 Å². The van der Waals surface area contributed by atoms with Crippen LogP contribution in [0.3, 0.4) is 0 Å². The third-order valence-electron chi connectivity index (χ3n) is 6.96. The summed E-state index contributed by atoms with van der Waals surface area (Å²) < 4.78 is 1.76. The normalized spacial score (nSPS) is 16.0. The second-order valence-electron chi connectivity index (χ2n) is 9.94. The van der Waals surface area contributed by atoms with Gasteiger partial charge in [-0.15, -0.1) is 11.3 Å². The summed E-state index contributed by atoms with van der Waals surface area (Å²) >= 11 is 1.45. The number of allylic oxidation sites excluding steroid dienone is 2. The lowest BCUT2D eigenvalue weighted by Gasteiger charge is -2.23. The van der Waals surface area contributed by atoms with Gasteiger partial charge in [-0.05, 0) is 43.2 Å². The van der Waals surface area contributed by atoms with Gasteiger partial charge in [-0.1, -0.05) is 61.9 Å². The van der Waals surface area contributed by atoms with Crippen molar-refractivity contribution in [1.29, 1.82) is 0 Å². The van der Waals surface area contributed by atoms with Crippen molar-refractivity contribution < 1.29 is 4.92 Å². The van der Waals surface area contributed by atoms with Crippen LogP contribution >= 0.6 is 11.3 Å². The van der Waals surface area contributed by atoms with E-state index >= 15 is 0 Å². The van der Waals surface area contributed by atoms with Crippen LogP contribution in [-0.4, -0.2) is 22.9 Å². The van der Waals surface area contributed by atoms with Crippen molar-refractivity contribution in [2.75, 3.05) is 11.9 Å². The van der Waals surface area contributed by atoms with Crippen molar-refractivity contribution in [1.82, 2.24) is 4.68 Å². The summed E-state index contributed by atoms with van der Waals surface area (Å²) in [6.07, 6.45) is 3.82. The fraction of sp³-hybridized carbons (Fsp3) is 0.200. The maximum absolute atomic E-state index is 11.4. The molecule has 2 heterocycles. The Bertz CT molecular complexity index is 1680. The second-order valence-corrected chi connectivity index (χ2v) is 10.8. The minimum Gasteiger partial charge on any atom is -0.347 e. The van der Waals surface area contributed by atoms with Crippen LogP contribution in [0.1, 0.15) is 30.5 Å². The van der Waals surface area contributed by atoms with Gasteiger partial charge in [-0.3, -0.25) is 10.1 Å². The molecular formula is C30H29N5O2S. The van der Waals surface area contributed by atoms with E-state index in [1.807, 2.05) is 36.6 Å². The first kappa shape index (κ1) is 25.4. The van der Waals surface area contributed by atoms with Crippen LogP contribution in [-0.2, 0) is 5.41 Å². The molecule has 0 amide bonds. The van der Waals surface area contributed by atoms with Crippen LogP contribution in [0.2, 0.25) is 0 Å². The van der Waals surface area contributed by atoms with Crippen molar-refractivity contribution >= 4 is 34.6 Å². The lowest BCUT2D eigenvalue weighted by molar-refractivity contribution is -0.384. The molecular weight excluding hydrogens is 494 g/mol. The highest BCUT2D eigenvalue weighted by atomic mass is 32.1. The van der Waals surface area contributed by atoms with E-state index < -0.39 is 0 Å². The zero-order valence-electron chi connectivity index (χ0n) is 22.0. The van der Waals surface area contributed by atoms with E-state index in [0.29, 0.717) is 10.4 Å². The molecule has 1 aromatic heterocycles. The zero-order chi connectivity index (χ0) is 27.0. The van der Waals surface area contributed by atoms with E-state index in [1.54, 1.807) is 23.0 Å². The summed E-state index contributed by atoms with van der Waals surface area (Å²) in [5.74, 6) is 0. The van der Waals surface area contributed by atoms with Crippen molar-refractivity contribution in [3.05, 3.63) is 115 Å². The Hall–Kier alpha value is -4.30. The molecule has 3 aromatic carbocycles. The van der Waals surface area contributed by atoms with Gasteiger partial charge in [-0.25, -0.2) is 9.67 Å². The van der Waals surface area contributed by atoms with Crippen LogP contribution in [0.15, 0.2) is 94.0 Å². The number of fused-ring (bicyclic) bond motifs is 1. The molecule has 0 fully saturated rings. The molecule has 7 nitrogen and oxygen atoms in total. The highest BCUT2D eigenvalue weighted by Crippen LogP contribution is 2.46. The number of thiazole rings is 1. The number of non-ortho nitro benzene ring substituents is 1. The number of nitro groups is 1. The maximum Gasteiger partial charge on any atom is 0.270 e. The van der Waals surface area contributed by atoms with Gasteiger partial charge in [-0.2, -0.15) is 5.10 Å². The van der Waals surface area contributed by atoms with Crippen LogP contribution < -0.4 is 9.70 Å². The molecule has 0 spiro atoms. The molecule has 4 aromatic rings.